The lowest BCUT2D eigenvalue weighted by Crippen LogP contribution is -2.56. The molecule has 9 nitrogen and oxygen atoms in total. The molecule has 216 valence electrons. The van der Waals surface area contributed by atoms with Crippen LogP contribution in [-0.2, 0) is 20.8 Å². The highest BCUT2D eigenvalue weighted by Gasteiger charge is 2.39. The largest absolute Gasteiger partial charge is 0.444 e. The lowest BCUT2D eigenvalue weighted by Gasteiger charge is -2.42. The summed E-state index contributed by atoms with van der Waals surface area (Å²) < 4.78 is 26.8. The number of ether oxygens (including phenoxy) is 2. The molecule has 2 aromatic rings. The molecule has 2 atom stereocenters. The minimum atomic E-state index is -0.688. The van der Waals surface area contributed by atoms with Gasteiger partial charge in [0.05, 0.1) is 17.1 Å². The summed E-state index contributed by atoms with van der Waals surface area (Å²) in [6.07, 6.45) is 1.44. The molecule has 1 aromatic carbocycles. The van der Waals surface area contributed by atoms with Gasteiger partial charge in [0.15, 0.2) is 5.82 Å². The molecule has 2 amide bonds. The molecule has 3 rings (SSSR count). The first-order chi connectivity index (χ1) is 18.3. The summed E-state index contributed by atoms with van der Waals surface area (Å²) in [7, 11) is 1.64. The number of rotatable bonds is 10. The molecule has 0 aliphatic carbocycles. The molecular weight excluding hydrogens is 503 g/mol. The Morgan fingerprint density at radius 1 is 1.18 bits per heavy atom. The van der Waals surface area contributed by atoms with Crippen molar-refractivity contribution in [1.82, 2.24) is 19.4 Å². The molecule has 1 aromatic heterocycles. The average molecular weight is 547 g/mol. The molecule has 2 unspecified atom stereocenters. The Labute approximate surface area is 230 Å². The number of benzene rings is 1. The SMILES string of the molecule is COCCCCn1c(C(=O)N(CC(C)C)C2CC(C(C)=O)CN(C(=O)OC(C)(C)C)C2)nc2ccc(F)cc21. The number of ketones is 1. The average Bonchev–Trinajstić information content (AvgIpc) is 3.20. The standard InChI is InChI=1S/C29H43FN4O5/c1-19(2)16-34(23-14-21(20(3)35)17-32(18-23)28(37)39-29(4,5)6)27(36)26-31-24-11-10-22(30)15-25(24)33(26)12-8-9-13-38-7/h10-11,15,19,21,23H,8-9,12-14,16-18H2,1-7H3. The number of halogens is 1. The van der Waals surface area contributed by atoms with Crippen LogP contribution in [0.1, 0.15) is 71.4 Å². The van der Waals surface area contributed by atoms with E-state index in [1.54, 1.807) is 43.4 Å². The van der Waals surface area contributed by atoms with Gasteiger partial charge in [0.25, 0.3) is 5.91 Å². The highest BCUT2D eigenvalue weighted by atomic mass is 19.1. The Balaban J connectivity index is 2.00. The lowest BCUT2D eigenvalue weighted by atomic mass is 9.90. The molecule has 1 saturated heterocycles. The number of nitrogens with zero attached hydrogens (tertiary/aromatic N) is 4. The second-order valence-electron chi connectivity index (χ2n) is 11.9. The van der Waals surface area contributed by atoms with Crippen LogP contribution in [-0.4, -0.2) is 82.1 Å². The third-order valence-electron chi connectivity index (χ3n) is 6.80. The van der Waals surface area contributed by atoms with Gasteiger partial charge in [-0.3, -0.25) is 9.59 Å². The van der Waals surface area contributed by atoms with Crippen molar-refractivity contribution in [2.45, 2.75) is 79.0 Å². The molecule has 0 bridgehead atoms. The number of fused-ring (bicyclic) bond motifs is 1. The van der Waals surface area contributed by atoms with Crippen LogP contribution in [0.15, 0.2) is 18.2 Å². The molecule has 0 N–H and O–H groups in total. The van der Waals surface area contributed by atoms with Crippen LogP contribution < -0.4 is 0 Å². The van der Waals surface area contributed by atoms with E-state index in [9.17, 15) is 18.8 Å². The number of hydrogen-bond acceptors (Lipinski definition) is 6. The second-order valence-corrected chi connectivity index (χ2v) is 11.9. The zero-order valence-electron chi connectivity index (χ0n) is 24.3. The van der Waals surface area contributed by atoms with Gasteiger partial charge >= 0.3 is 6.09 Å². The van der Waals surface area contributed by atoms with Gasteiger partial charge in [0, 0.05) is 45.8 Å². The maximum atomic E-state index is 14.2. The van der Waals surface area contributed by atoms with Gasteiger partial charge in [0.2, 0.25) is 0 Å². The molecule has 1 aliphatic heterocycles. The summed E-state index contributed by atoms with van der Waals surface area (Å²) in [5, 5.41) is 0. The third kappa shape index (κ3) is 8.00. The fourth-order valence-electron chi connectivity index (χ4n) is 4.99. The number of hydrogen-bond donors (Lipinski definition) is 0. The number of carbonyl (C=O) groups is 3. The normalized spacial score (nSPS) is 18.0. The van der Waals surface area contributed by atoms with E-state index in [1.165, 1.54) is 24.0 Å². The quantitative estimate of drug-likeness (QED) is 0.393. The van der Waals surface area contributed by atoms with E-state index < -0.39 is 29.5 Å². The summed E-state index contributed by atoms with van der Waals surface area (Å²) in [5.41, 5.74) is 0.407. The van der Waals surface area contributed by atoms with Crippen molar-refractivity contribution in [3.8, 4) is 0 Å². The Kier molecular flexibility index (Phi) is 10.1. The van der Waals surface area contributed by atoms with E-state index in [0.717, 1.165) is 12.8 Å². The van der Waals surface area contributed by atoms with E-state index in [-0.39, 0.29) is 36.5 Å². The van der Waals surface area contributed by atoms with Gasteiger partial charge in [-0.1, -0.05) is 13.8 Å². The number of piperidine rings is 1. The minimum Gasteiger partial charge on any atom is -0.444 e. The number of methoxy groups -OCH3 is 1. The van der Waals surface area contributed by atoms with Crippen molar-refractivity contribution in [3.05, 3.63) is 29.8 Å². The number of amides is 2. The van der Waals surface area contributed by atoms with Crippen LogP contribution >= 0.6 is 0 Å². The number of imidazole rings is 1. The number of unbranched alkanes of at least 4 members (excludes halogenated alkanes) is 1. The molecular formula is C29H43FN4O5. The third-order valence-corrected chi connectivity index (χ3v) is 6.80. The number of aromatic nitrogens is 2. The van der Waals surface area contributed by atoms with Crippen LogP contribution in [0.25, 0.3) is 11.0 Å². The fourth-order valence-corrected chi connectivity index (χ4v) is 4.99. The lowest BCUT2D eigenvalue weighted by molar-refractivity contribution is -0.123. The van der Waals surface area contributed by atoms with Crippen LogP contribution in [0, 0.1) is 17.7 Å². The van der Waals surface area contributed by atoms with Crippen molar-refractivity contribution >= 4 is 28.8 Å². The van der Waals surface area contributed by atoms with E-state index in [1.807, 2.05) is 13.8 Å². The highest BCUT2D eigenvalue weighted by molar-refractivity contribution is 5.95. The van der Waals surface area contributed by atoms with Crippen molar-refractivity contribution in [2.24, 2.45) is 11.8 Å². The Hall–Kier alpha value is -3.01. The van der Waals surface area contributed by atoms with Crippen LogP contribution in [0.2, 0.25) is 0 Å². The van der Waals surface area contributed by atoms with Crippen LogP contribution in [0.5, 0.6) is 0 Å². The van der Waals surface area contributed by atoms with E-state index in [4.69, 9.17) is 9.47 Å². The highest BCUT2D eigenvalue weighted by Crippen LogP contribution is 2.27. The van der Waals surface area contributed by atoms with Crippen molar-refractivity contribution in [3.63, 3.8) is 0 Å². The fraction of sp³-hybridized carbons (Fsp3) is 0.655. The summed E-state index contributed by atoms with van der Waals surface area (Å²) in [4.78, 5) is 47.7. The monoisotopic (exact) mass is 546 g/mol. The summed E-state index contributed by atoms with van der Waals surface area (Å²) in [6, 6.07) is 3.91. The molecule has 10 heteroatoms. The van der Waals surface area contributed by atoms with Crippen LogP contribution in [0.3, 0.4) is 0 Å². The predicted molar refractivity (Wildman–Crippen MR) is 147 cm³/mol. The molecule has 0 saturated carbocycles. The van der Waals surface area contributed by atoms with Crippen LogP contribution in [0.4, 0.5) is 9.18 Å². The van der Waals surface area contributed by atoms with Crippen molar-refractivity contribution < 1.29 is 28.2 Å². The van der Waals surface area contributed by atoms with E-state index in [0.29, 0.717) is 37.2 Å². The van der Waals surface area contributed by atoms with E-state index >= 15 is 0 Å². The molecule has 0 radical (unpaired) electrons. The Morgan fingerprint density at radius 2 is 1.90 bits per heavy atom. The molecule has 2 heterocycles. The smallest absolute Gasteiger partial charge is 0.410 e. The van der Waals surface area contributed by atoms with Crippen molar-refractivity contribution in [1.29, 1.82) is 0 Å². The molecule has 0 spiro atoms. The maximum absolute atomic E-state index is 14.2. The van der Waals surface area contributed by atoms with Gasteiger partial charge in [0.1, 0.15) is 17.2 Å². The second kappa shape index (κ2) is 12.9. The maximum Gasteiger partial charge on any atom is 0.410 e. The minimum absolute atomic E-state index is 0.0361. The van der Waals surface area contributed by atoms with Gasteiger partial charge in [-0.05, 0) is 71.1 Å². The molecule has 1 aliphatic rings. The number of likely N-dealkylation sites (tertiary alicyclic amines) is 1. The number of aryl methyl sites for hydroxylation is 1. The van der Waals surface area contributed by atoms with Gasteiger partial charge < -0.3 is 23.8 Å². The van der Waals surface area contributed by atoms with Crippen molar-refractivity contribution in [2.75, 3.05) is 33.4 Å². The first-order valence-corrected chi connectivity index (χ1v) is 13.7. The first-order valence-electron chi connectivity index (χ1n) is 13.7. The molecule has 39 heavy (non-hydrogen) atoms. The Bertz CT molecular complexity index is 1170. The Morgan fingerprint density at radius 3 is 2.51 bits per heavy atom. The molecule has 1 fully saturated rings. The number of carbonyl (C=O) groups excluding carboxylic acids is 3. The zero-order chi connectivity index (χ0) is 28.9. The van der Waals surface area contributed by atoms with Gasteiger partial charge in [-0.15, -0.1) is 0 Å². The van der Waals surface area contributed by atoms with Gasteiger partial charge in [-0.2, -0.15) is 0 Å². The predicted octanol–water partition coefficient (Wildman–Crippen LogP) is 4.91. The number of Topliss-reactive ketones (excluding diaryl/α,β-unsaturated/α-hetero) is 1. The summed E-state index contributed by atoms with van der Waals surface area (Å²) >= 11 is 0. The summed E-state index contributed by atoms with van der Waals surface area (Å²) in [5.74, 6) is -0.804. The topological polar surface area (TPSA) is 94.0 Å². The van der Waals surface area contributed by atoms with Gasteiger partial charge in [-0.25, -0.2) is 14.2 Å². The first kappa shape index (κ1) is 30.5. The zero-order valence-corrected chi connectivity index (χ0v) is 24.3. The summed E-state index contributed by atoms with van der Waals surface area (Å²) in [6.45, 7) is 12.9. The van der Waals surface area contributed by atoms with E-state index in [2.05, 4.69) is 4.98 Å².